The maximum atomic E-state index is 12.3. The minimum atomic E-state index is -0.452. The van der Waals surface area contributed by atoms with E-state index < -0.39 is 5.97 Å². The zero-order valence-electron chi connectivity index (χ0n) is 15.8. The Morgan fingerprint density at radius 1 is 1.03 bits per heavy atom. The third-order valence-corrected chi connectivity index (χ3v) is 6.04. The molecule has 31 heavy (non-hydrogen) atoms. The van der Waals surface area contributed by atoms with E-state index in [4.69, 9.17) is 16.3 Å². The van der Waals surface area contributed by atoms with Gasteiger partial charge in [-0.25, -0.2) is 9.79 Å². The minimum absolute atomic E-state index is 0.220. The summed E-state index contributed by atoms with van der Waals surface area (Å²) in [5.41, 5.74) is 1.94. The highest BCUT2D eigenvalue weighted by Crippen LogP contribution is 2.29. The van der Waals surface area contributed by atoms with Gasteiger partial charge in [-0.15, -0.1) is 0 Å². The van der Waals surface area contributed by atoms with Crippen molar-refractivity contribution < 1.29 is 14.3 Å². The highest BCUT2D eigenvalue weighted by atomic mass is 79.9. The molecule has 3 aromatic carbocycles. The van der Waals surface area contributed by atoms with Crippen molar-refractivity contribution in [1.29, 1.82) is 0 Å². The Hall–Kier alpha value is -2.87. The van der Waals surface area contributed by atoms with Crippen molar-refractivity contribution in [3.8, 4) is 5.75 Å². The van der Waals surface area contributed by atoms with Gasteiger partial charge in [0.05, 0.1) is 16.2 Å². The Kier molecular flexibility index (Phi) is 6.56. The number of carbonyl (C=O) groups excluding carboxylic acids is 2. The van der Waals surface area contributed by atoms with E-state index in [1.165, 1.54) is 11.8 Å². The summed E-state index contributed by atoms with van der Waals surface area (Å²) in [4.78, 5) is 29.5. The minimum Gasteiger partial charge on any atom is -0.423 e. The lowest BCUT2D eigenvalue weighted by molar-refractivity contribution is -0.115. The van der Waals surface area contributed by atoms with Crippen molar-refractivity contribution in [2.24, 2.45) is 4.99 Å². The number of halogens is 2. The average molecular weight is 514 g/mol. The zero-order valence-corrected chi connectivity index (χ0v) is 19.0. The van der Waals surface area contributed by atoms with Crippen LogP contribution >= 0.6 is 39.3 Å². The van der Waals surface area contributed by atoms with Gasteiger partial charge in [-0.05, 0) is 87.9 Å². The predicted molar refractivity (Wildman–Crippen MR) is 128 cm³/mol. The predicted octanol–water partition coefficient (Wildman–Crippen LogP) is 6.21. The molecule has 1 aliphatic rings. The average Bonchev–Trinajstić information content (AvgIpc) is 3.10. The Morgan fingerprint density at radius 3 is 2.45 bits per heavy atom. The highest BCUT2D eigenvalue weighted by Gasteiger charge is 2.23. The van der Waals surface area contributed by atoms with Crippen LogP contribution in [-0.2, 0) is 4.79 Å². The normalized spacial score (nSPS) is 15.9. The van der Waals surface area contributed by atoms with Crippen LogP contribution in [0.2, 0.25) is 5.02 Å². The van der Waals surface area contributed by atoms with Crippen molar-refractivity contribution in [2.75, 3.05) is 0 Å². The third kappa shape index (κ3) is 5.44. The molecule has 0 aromatic heterocycles. The van der Waals surface area contributed by atoms with E-state index >= 15 is 0 Å². The number of carbonyl (C=O) groups is 2. The first-order valence-electron chi connectivity index (χ1n) is 9.10. The molecule has 0 unspecified atom stereocenters. The van der Waals surface area contributed by atoms with Crippen LogP contribution in [0.4, 0.5) is 5.69 Å². The molecule has 0 spiro atoms. The van der Waals surface area contributed by atoms with Crippen LogP contribution in [0.3, 0.4) is 0 Å². The van der Waals surface area contributed by atoms with Gasteiger partial charge in [0, 0.05) is 9.50 Å². The monoisotopic (exact) mass is 512 g/mol. The molecule has 1 saturated heterocycles. The number of ether oxygens (including phenoxy) is 1. The summed E-state index contributed by atoms with van der Waals surface area (Å²) in [6, 6.07) is 21.0. The number of rotatable bonds is 4. The maximum Gasteiger partial charge on any atom is 0.344 e. The summed E-state index contributed by atoms with van der Waals surface area (Å²) in [7, 11) is 0. The van der Waals surface area contributed by atoms with E-state index in [0.717, 1.165) is 5.56 Å². The van der Waals surface area contributed by atoms with E-state index in [-0.39, 0.29) is 5.91 Å². The molecule has 1 heterocycles. The number of hydrogen-bond donors (Lipinski definition) is 1. The molecule has 1 N–H and O–H groups in total. The van der Waals surface area contributed by atoms with Crippen LogP contribution in [-0.4, -0.2) is 17.0 Å². The fourth-order valence-electron chi connectivity index (χ4n) is 2.69. The van der Waals surface area contributed by atoms with E-state index in [9.17, 15) is 9.59 Å². The molecule has 154 valence electrons. The lowest BCUT2D eigenvalue weighted by Gasteiger charge is -2.06. The largest absolute Gasteiger partial charge is 0.423 e. The number of thioether (sulfide) groups is 1. The van der Waals surface area contributed by atoms with Gasteiger partial charge in [-0.3, -0.25) is 4.79 Å². The van der Waals surface area contributed by atoms with Crippen LogP contribution < -0.4 is 10.1 Å². The number of nitrogens with zero attached hydrogens (tertiary/aromatic N) is 1. The molecule has 3 aromatic rings. The van der Waals surface area contributed by atoms with Gasteiger partial charge >= 0.3 is 5.97 Å². The van der Waals surface area contributed by atoms with E-state index in [1.807, 2.05) is 6.07 Å². The highest BCUT2D eigenvalue weighted by molar-refractivity contribution is 9.10. The molecule has 5 nitrogen and oxygen atoms in total. The lowest BCUT2D eigenvalue weighted by Crippen LogP contribution is -2.19. The van der Waals surface area contributed by atoms with Crippen molar-refractivity contribution in [3.05, 3.63) is 98.3 Å². The first kappa shape index (κ1) is 21.4. The van der Waals surface area contributed by atoms with Crippen LogP contribution in [0.5, 0.6) is 5.75 Å². The SMILES string of the molecule is O=C1NC(=Nc2ccc(Cl)cc2)S/C1=C\c1ccc(OC(=O)c2ccccc2Br)cc1. The number of benzene rings is 3. The maximum absolute atomic E-state index is 12.3. The first-order valence-corrected chi connectivity index (χ1v) is 11.1. The van der Waals surface area contributed by atoms with Crippen LogP contribution in [0.15, 0.2) is 87.2 Å². The number of aliphatic imine (C=N–C) groups is 1. The second-order valence-electron chi connectivity index (χ2n) is 6.40. The van der Waals surface area contributed by atoms with Crippen molar-refractivity contribution in [2.45, 2.75) is 0 Å². The Balaban J connectivity index is 1.44. The molecule has 1 amide bonds. The van der Waals surface area contributed by atoms with E-state index in [0.29, 0.717) is 36.6 Å². The summed E-state index contributed by atoms with van der Waals surface area (Å²) in [6.07, 6.45) is 1.75. The molecule has 4 rings (SSSR count). The van der Waals surface area contributed by atoms with Crippen LogP contribution in [0.25, 0.3) is 6.08 Å². The number of amides is 1. The van der Waals surface area contributed by atoms with E-state index in [2.05, 4.69) is 26.2 Å². The number of hydrogen-bond acceptors (Lipinski definition) is 5. The number of amidine groups is 1. The van der Waals surface area contributed by atoms with Crippen LogP contribution in [0.1, 0.15) is 15.9 Å². The summed E-state index contributed by atoms with van der Waals surface area (Å²) < 4.78 is 6.08. The number of esters is 1. The van der Waals surface area contributed by atoms with Gasteiger partial charge in [-0.2, -0.15) is 0 Å². The van der Waals surface area contributed by atoms with Gasteiger partial charge in [0.2, 0.25) is 0 Å². The van der Waals surface area contributed by atoms with Gasteiger partial charge < -0.3 is 10.1 Å². The molecule has 1 aliphatic heterocycles. The first-order chi connectivity index (χ1) is 15.0. The zero-order chi connectivity index (χ0) is 21.8. The van der Waals surface area contributed by atoms with Gasteiger partial charge in [0.15, 0.2) is 5.17 Å². The molecule has 0 bridgehead atoms. The standard InChI is InChI=1S/C23H14BrClN2O3S/c24-19-4-2-1-3-18(19)22(29)30-17-11-5-14(6-12-17)13-20-21(28)27-23(31-20)26-16-9-7-15(25)8-10-16/h1-13H,(H,26,27,28)/b20-13-. The van der Waals surface area contributed by atoms with E-state index in [1.54, 1.807) is 72.8 Å². The fourth-order valence-corrected chi connectivity index (χ4v) is 4.10. The Bertz CT molecular complexity index is 1210. The van der Waals surface area contributed by atoms with Gasteiger partial charge in [0.1, 0.15) is 5.75 Å². The number of nitrogens with one attached hydrogen (secondary N) is 1. The smallest absolute Gasteiger partial charge is 0.344 e. The molecule has 0 aliphatic carbocycles. The molecular weight excluding hydrogens is 500 g/mol. The van der Waals surface area contributed by atoms with Crippen molar-refractivity contribution in [1.82, 2.24) is 5.32 Å². The quantitative estimate of drug-likeness (QED) is 0.256. The van der Waals surface area contributed by atoms with Crippen molar-refractivity contribution >= 4 is 68.1 Å². The molecule has 1 fully saturated rings. The summed E-state index contributed by atoms with van der Waals surface area (Å²) in [5.74, 6) is -0.258. The lowest BCUT2D eigenvalue weighted by atomic mass is 10.2. The van der Waals surface area contributed by atoms with Crippen molar-refractivity contribution in [3.63, 3.8) is 0 Å². The topological polar surface area (TPSA) is 67.8 Å². The second kappa shape index (κ2) is 9.51. The molecule has 0 atom stereocenters. The molecule has 0 saturated carbocycles. The third-order valence-electron chi connectivity index (χ3n) is 4.19. The van der Waals surface area contributed by atoms with Crippen LogP contribution in [0, 0.1) is 0 Å². The fraction of sp³-hybridized carbons (Fsp3) is 0. The molecule has 8 heteroatoms. The summed E-state index contributed by atoms with van der Waals surface area (Å²) in [6.45, 7) is 0. The molecular formula is C23H14BrClN2O3S. The molecule has 0 radical (unpaired) electrons. The summed E-state index contributed by atoms with van der Waals surface area (Å²) in [5, 5.41) is 3.87. The van der Waals surface area contributed by atoms with Gasteiger partial charge in [-0.1, -0.05) is 35.9 Å². The van der Waals surface area contributed by atoms with Gasteiger partial charge in [0.25, 0.3) is 5.91 Å². The summed E-state index contributed by atoms with van der Waals surface area (Å²) >= 11 is 10.5. The second-order valence-corrected chi connectivity index (χ2v) is 8.72. The Morgan fingerprint density at radius 2 is 1.74 bits per heavy atom. The Labute approximate surface area is 196 Å².